The van der Waals surface area contributed by atoms with Crippen LogP contribution in [0.4, 0.5) is 0 Å². The summed E-state index contributed by atoms with van der Waals surface area (Å²) < 4.78 is 6.50. The number of allylic oxidation sites excluding steroid dienone is 1. The van der Waals surface area contributed by atoms with E-state index in [9.17, 15) is 14.4 Å². The molecule has 0 bridgehead atoms. The number of hydrogen-bond donors (Lipinski definition) is 2. The van der Waals surface area contributed by atoms with Crippen LogP contribution in [-0.4, -0.2) is 27.7 Å². The number of amides is 1. The summed E-state index contributed by atoms with van der Waals surface area (Å²) >= 11 is 12.7. The number of nitrogens with zero attached hydrogens (tertiary/aromatic N) is 3. The van der Waals surface area contributed by atoms with E-state index in [1.54, 1.807) is 13.0 Å². The van der Waals surface area contributed by atoms with Crippen LogP contribution in [0.2, 0.25) is 10.0 Å². The molecule has 0 aliphatic carbocycles. The van der Waals surface area contributed by atoms with E-state index in [0.717, 1.165) is 4.68 Å². The fraction of sp³-hybridized carbons (Fsp3) is 0.250. The predicted octanol–water partition coefficient (Wildman–Crippen LogP) is 2.63. The molecule has 0 saturated heterocycles. The van der Waals surface area contributed by atoms with E-state index < -0.39 is 16.9 Å². The Hall–Kier alpha value is -3.35. The number of rotatable bonds is 6. The molecule has 1 amide bonds. The van der Waals surface area contributed by atoms with Crippen LogP contribution in [0.3, 0.4) is 0 Å². The van der Waals surface area contributed by atoms with Gasteiger partial charge in [0.25, 0.3) is 5.56 Å². The maximum Gasteiger partial charge on any atom is 0.349 e. The van der Waals surface area contributed by atoms with Crippen LogP contribution in [0, 0.1) is 24.2 Å². The Morgan fingerprint density at radius 3 is 2.61 bits per heavy atom. The average Bonchev–Trinajstić information content (AvgIpc) is 2.71. The largest absolute Gasteiger partial charge is 0.455 e. The van der Waals surface area contributed by atoms with Crippen molar-refractivity contribution in [1.82, 2.24) is 20.1 Å². The maximum absolute atomic E-state index is 12.2. The molecule has 1 aromatic carbocycles. The molecule has 31 heavy (non-hydrogen) atoms. The zero-order chi connectivity index (χ0) is 23.5. The van der Waals surface area contributed by atoms with Crippen LogP contribution in [0.25, 0.3) is 5.69 Å². The van der Waals surface area contributed by atoms with Crippen molar-refractivity contribution >= 4 is 29.1 Å². The number of halogens is 2. The summed E-state index contributed by atoms with van der Waals surface area (Å²) in [5.41, 5.74) is -1.33. The summed E-state index contributed by atoms with van der Waals surface area (Å²) in [7, 11) is 1.52. The van der Waals surface area contributed by atoms with Crippen molar-refractivity contribution < 1.29 is 9.53 Å². The highest BCUT2D eigenvalue weighted by molar-refractivity contribution is 6.38. The highest BCUT2D eigenvalue weighted by atomic mass is 35.5. The standard InChI is InChI=1S/C20H19Cl2N5O4/c1-9(2)12(18(28)24-5)6-10(3)31-17-13(21)7-15(11(4)16(17)22)27-20(30)25-19(29)14(8-23)26-27/h6-7,9H,3H2,1-2,4-5H3,(H,24,28)(H,25,29,30)/b12-6-. The number of nitriles is 1. The topological polar surface area (TPSA) is 130 Å². The molecule has 0 atom stereocenters. The summed E-state index contributed by atoms with van der Waals surface area (Å²) in [5.74, 6) is -0.193. The van der Waals surface area contributed by atoms with Gasteiger partial charge in [-0.2, -0.15) is 9.94 Å². The van der Waals surface area contributed by atoms with Crippen LogP contribution in [0.5, 0.6) is 5.75 Å². The number of benzene rings is 1. The van der Waals surface area contributed by atoms with Crippen LogP contribution in [0.1, 0.15) is 25.1 Å². The molecular weight excluding hydrogens is 445 g/mol. The molecule has 162 valence electrons. The second kappa shape index (κ2) is 9.64. The zero-order valence-electron chi connectivity index (χ0n) is 17.2. The van der Waals surface area contributed by atoms with Crippen molar-refractivity contribution in [2.45, 2.75) is 20.8 Å². The number of aromatic amines is 1. The van der Waals surface area contributed by atoms with Crippen molar-refractivity contribution in [3.8, 4) is 17.5 Å². The summed E-state index contributed by atoms with van der Waals surface area (Å²) in [6, 6.07) is 2.96. The van der Waals surface area contributed by atoms with Gasteiger partial charge in [-0.1, -0.05) is 43.6 Å². The lowest BCUT2D eigenvalue weighted by Crippen LogP contribution is -2.33. The third kappa shape index (κ3) is 5.05. The van der Waals surface area contributed by atoms with Crippen LogP contribution >= 0.6 is 23.2 Å². The van der Waals surface area contributed by atoms with Gasteiger partial charge in [0.1, 0.15) is 11.8 Å². The number of H-pyrrole nitrogens is 1. The first-order valence-electron chi connectivity index (χ1n) is 8.94. The Morgan fingerprint density at radius 2 is 2.06 bits per heavy atom. The number of aromatic nitrogens is 3. The number of carbonyl (C=O) groups excluding carboxylic acids is 1. The molecular formula is C20H19Cl2N5O4. The van der Waals surface area contributed by atoms with Crippen molar-refractivity contribution in [1.29, 1.82) is 5.26 Å². The molecule has 0 radical (unpaired) electrons. The van der Waals surface area contributed by atoms with Crippen molar-refractivity contribution in [2.75, 3.05) is 7.05 Å². The molecule has 11 heteroatoms. The fourth-order valence-corrected chi connectivity index (χ4v) is 3.13. The Labute approximate surface area is 187 Å². The van der Waals surface area contributed by atoms with Gasteiger partial charge in [0.2, 0.25) is 11.6 Å². The second-order valence-electron chi connectivity index (χ2n) is 6.68. The SMILES string of the molecule is C=C(/C=C(\C(=O)NC)C(C)C)Oc1c(Cl)cc(-n2nc(C#N)c(=O)[nH]c2=O)c(C)c1Cl. The lowest BCUT2D eigenvalue weighted by molar-refractivity contribution is -0.117. The molecule has 0 aliphatic rings. The molecule has 0 fully saturated rings. The third-order valence-electron chi connectivity index (χ3n) is 4.22. The van der Waals surface area contributed by atoms with Gasteiger partial charge in [0, 0.05) is 12.6 Å². The van der Waals surface area contributed by atoms with Crippen LogP contribution < -0.4 is 21.3 Å². The van der Waals surface area contributed by atoms with E-state index in [0.29, 0.717) is 11.1 Å². The van der Waals surface area contributed by atoms with E-state index in [-0.39, 0.29) is 39.1 Å². The Kier molecular flexibility index (Phi) is 7.44. The first-order valence-corrected chi connectivity index (χ1v) is 9.70. The minimum Gasteiger partial charge on any atom is -0.455 e. The van der Waals surface area contributed by atoms with E-state index in [1.807, 2.05) is 18.8 Å². The molecule has 2 aromatic rings. The summed E-state index contributed by atoms with van der Waals surface area (Å²) in [6.45, 7) is 9.06. The minimum atomic E-state index is -0.904. The normalized spacial score (nSPS) is 11.2. The fourth-order valence-electron chi connectivity index (χ4n) is 2.60. The van der Waals surface area contributed by atoms with Gasteiger partial charge in [-0.05, 0) is 30.5 Å². The van der Waals surface area contributed by atoms with Gasteiger partial charge >= 0.3 is 5.69 Å². The van der Waals surface area contributed by atoms with Gasteiger partial charge in [-0.3, -0.25) is 14.6 Å². The van der Waals surface area contributed by atoms with Gasteiger partial charge < -0.3 is 10.1 Å². The minimum absolute atomic E-state index is 0.0181. The highest BCUT2D eigenvalue weighted by Crippen LogP contribution is 2.39. The molecule has 1 aromatic heterocycles. The zero-order valence-corrected chi connectivity index (χ0v) is 18.7. The maximum atomic E-state index is 12.2. The van der Waals surface area contributed by atoms with Crippen LogP contribution in [0.15, 0.2) is 39.6 Å². The molecule has 9 nitrogen and oxygen atoms in total. The van der Waals surface area contributed by atoms with E-state index in [4.69, 9.17) is 33.2 Å². The van der Waals surface area contributed by atoms with Gasteiger partial charge in [0.05, 0.1) is 15.7 Å². The Balaban J connectivity index is 2.54. The molecule has 2 N–H and O–H groups in total. The second-order valence-corrected chi connectivity index (χ2v) is 7.46. The third-order valence-corrected chi connectivity index (χ3v) is 4.95. The summed E-state index contributed by atoms with van der Waals surface area (Å²) in [6.07, 6.45) is 1.48. The van der Waals surface area contributed by atoms with Crippen molar-refractivity contribution in [3.05, 3.63) is 72.2 Å². The smallest absolute Gasteiger partial charge is 0.349 e. The van der Waals surface area contributed by atoms with Crippen molar-refractivity contribution in [2.24, 2.45) is 5.92 Å². The van der Waals surface area contributed by atoms with Gasteiger partial charge in [0.15, 0.2) is 5.75 Å². The lowest BCUT2D eigenvalue weighted by atomic mass is 10.0. The first kappa shape index (κ1) is 23.9. The van der Waals surface area contributed by atoms with Gasteiger partial charge in [-0.15, -0.1) is 5.10 Å². The monoisotopic (exact) mass is 463 g/mol. The van der Waals surface area contributed by atoms with E-state index in [2.05, 4.69) is 17.0 Å². The lowest BCUT2D eigenvalue weighted by Gasteiger charge is -2.16. The molecule has 0 spiro atoms. The molecule has 2 rings (SSSR count). The quantitative estimate of drug-likeness (QED) is 0.384. The number of carbonyl (C=O) groups is 1. The summed E-state index contributed by atoms with van der Waals surface area (Å²) in [4.78, 5) is 37.8. The number of hydrogen-bond acceptors (Lipinski definition) is 6. The van der Waals surface area contributed by atoms with E-state index in [1.165, 1.54) is 19.2 Å². The van der Waals surface area contributed by atoms with Crippen LogP contribution in [-0.2, 0) is 4.79 Å². The first-order chi connectivity index (χ1) is 14.5. The predicted molar refractivity (Wildman–Crippen MR) is 117 cm³/mol. The number of likely N-dealkylation sites (N-methyl/N-ethyl adjacent to an activating group) is 1. The Morgan fingerprint density at radius 1 is 1.42 bits per heavy atom. The molecule has 1 heterocycles. The van der Waals surface area contributed by atoms with Gasteiger partial charge in [-0.25, -0.2) is 4.79 Å². The molecule has 0 saturated carbocycles. The Bertz CT molecular complexity index is 1250. The van der Waals surface area contributed by atoms with Crippen molar-refractivity contribution in [3.63, 3.8) is 0 Å². The summed E-state index contributed by atoms with van der Waals surface area (Å²) in [5, 5.41) is 15.4. The number of nitrogens with one attached hydrogen (secondary N) is 2. The molecule has 0 aliphatic heterocycles. The van der Waals surface area contributed by atoms with E-state index >= 15 is 0 Å². The molecule has 0 unspecified atom stereocenters. The average molecular weight is 464 g/mol. The number of ether oxygens (including phenoxy) is 1. The highest BCUT2D eigenvalue weighted by Gasteiger charge is 2.20.